The van der Waals surface area contributed by atoms with Gasteiger partial charge in [0, 0.05) is 28.7 Å². The van der Waals surface area contributed by atoms with Crippen molar-refractivity contribution in [2.45, 2.75) is 13.8 Å². The third-order valence-electron chi connectivity index (χ3n) is 4.40. The molecule has 1 aromatic heterocycles. The number of likely N-dealkylation sites (N-methyl/N-ethyl adjacent to an activating group) is 1. The smallest absolute Gasteiger partial charge is 0.273 e. The molecule has 0 aliphatic rings. The number of rotatable bonds is 5. The summed E-state index contributed by atoms with van der Waals surface area (Å²) in [5.74, 6) is -0.560. The molecule has 2 aromatic carbocycles. The maximum Gasteiger partial charge on any atom is 0.273 e. The van der Waals surface area contributed by atoms with Crippen LogP contribution in [0.2, 0.25) is 5.02 Å². The van der Waals surface area contributed by atoms with Crippen LogP contribution in [0, 0.1) is 13.8 Å². The molecular weight excluding hydrogens is 394 g/mol. The molecule has 3 aromatic rings. The first-order chi connectivity index (χ1) is 13.3. The van der Waals surface area contributed by atoms with Gasteiger partial charge in [-0.1, -0.05) is 35.9 Å². The maximum absolute atomic E-state index is 12.6. The van der Waals surface area contributed by atoms with Gasteiger partial charge in [0.05, 0.1) is 6.54 Å². The molecule has 144 valence electrons. The number of hydrogen-bond acceptors (Lipinski definition) is 4. The van der Waals surface area contributed by atoms with Gasteiger partial charge in [0.1, 0.15) is 10.7 Å². The number of halogens is 1. The molecule has 1 N–H and O–H groups in total. The number of carbonyl (C=O) groups is 2. The van der Waals surface area contributed by atoms with E-state index in [4.69, 9.17) is 11.6 Å². The lowest BCUT2D eigenvalue weighted by molar-refractivity contribution is -0.116. The SMILES string of the molecule is Cc1cccc(NC(=O)CN(C)C(=O)c2csc(-c3cccc(Cl)c3)n2)c1C. The van der Waals surface area contributed by atoms with Crippen molar-refractivity contribution in [1.82, 2.24) is 9.88 Å². The lowest BCUT2D eigenvalue weighted by Crippen LogP contribution is -2.35. The third kappa shape index (κ3) is 4.58. The Morgan fingerprint density at radius 1 is 1.18 bits per heavy atom. The molecule has 5 nitrogen and oxygen atoms in total. The van der Waals surface area contributed by atoms with E-state index in [-0.39, 0.29) is 18.4 Å². The van der Waals surface area contributed by atoms with Crippen LogP contribution >= 0.6 is 22.9 Å². The van der Waals surface area contributed by atoms with E-state index in [0.717, 1.165) is 22.4 Å². The van der Waals surface area contributed by atoms with E-state index in [1.807, 2.05) is 44.2 Å². The molecule has 28 heavy (non-hydrogen) atoms. The van der Waals surface area contributed by atoms with Crippen LogP contribution in [0.3, 0.4) is 0 Å². The Kier molecular flexibility index (Phi) is 6.11. The fourth-order valence-electron chi connectivity index (χ4n) is 2.69. The molecule has 2 amide bonds. The molecule has 1 heterocycles. The van der Waals surface area contributed by atoms with Gasteiger partial charge in [-0.05, 0) is 43.2 Å². The summed E-state index contributed by atoms with van der Waals surface area (Å²) in [6, 6.07) is 13.0. The molecular formula is C21H20ClN3O2S. The topological polar surface area (TPSA) is 62.3 Å². The highest BCUT2D eigenvalue weighted by Crippen LogP contribution is 2.26. The summed E-state index contributed by atoms with van der Waals surface area (Å²) in [4.78, 5) is 30.7. The van der Waals surface area contributed by atoms with Crippen molar-refractivity contribution in [1.29, 1.82) is 0 Å². The monoisotopic (exact) mass is 413 g/mol. The van der Waals surface area contributed by atoms with E-state index in [1.165, 1.54) is 16.2 Å². The summed E-state index contributed by atoms with van der Waals surface area (Å²) < 4.78 is 0. The first kappa shape index (κ1) is 20.0. The standard InChI is InChI=1S/C21H20ClN3O2S/c1-13-6-4-9-17(14(13)2)23-19(26)11-25(3)21(27)18-12-28-20(24-18)15-7-5-8-16(22)10-15/h4-10,12H,11H2,1-3H3,(H,23,26). The summed E-state index contributed by atoms with van der Waals surface area (Å²) in [6.07, 6.45) is 0. The van der Waals surface area contributed by atoms with Crippen molar-refractivity contribution < 1.29 is 9.59 Å². The quantitative estimate of drug-likeness (QED) is 0.654. The molecule has 0 radical (unpaired) electrons. The minimum absolute atomic E-state index is 0.0593. The molecule has 0 unspecified atom stereocenters. The second-order valence-electron chi connectivity index (χ2n) is 6.51. The highest BCUT2D eigenvalue weighted by Gasteiger charge is 2.19. The van der Waals surface area contributed by atoms with Gasteiger partial charge in [-0.2, -0.15) is 0 Å². The Balaban J connectivity index is 1.66. The Bertz CT molecular complexity index is 1030. The van der Waals surface area contributed by atoms with E-state index in [0.29, 0.717) is 15.7 Å². The number of aryl methyl sites for hydroxylation is 1. The van der Waals surface area contributed by atoms with Crippen molar-refractivity contribution in [3.05, 3.63) is 69.7 Å². The van der Waals surface area contributed by atoms with E-state index >= 15 is 0 Å². The average Bonchev–Trinajstić information content (AvgIpc) is 3.15. The Morgan fingerprint density at radius 2 is 1.93 bits per heavy atom. The van der Waals surface area contributed by atoms with Gasteiger partial charge in [0.15, 0.2) is 0 Å². The molecule has 0 aliphatic carbocycles. The lowest BCUT2D eigenvalue weighted by atomic mass is 10.1. The van der Waals surface area contributed by atoms with E-state index in [1.54, 1.807) is 24.6 Å². The molecule has 0 bridgehead atoms. The van der Waals surface area contributed by atoms with Gasteiger partial charge in [-0.15, -0.1) is 11.3 Å². The average molecular weight is 414 g/mol. The number of nitrogens with zero attached hydrogens (tertiary/aromatic N) is 2. The predicted molar refractivity (Wildman–Crippen MR) is 114 cm³/mol. The van der Waals surface area contributed by atoms with Gasteiger partial charge < -0.3 is 10.2 Å². The van der Waals surface area contributed by atoms with Gasteiger partial charge >= 0.3 is 0 Å². The van der Waals surface area contributed by atoms with Crippen LogP contribution in [0.1, 0.15) is 21.6 Å². The van der Waals surface area contributed by atoms with Gasteiger partial charge in [0.25, 0.3) is 5.91 Å². The van der Waals surface area contributed by atoms with Gasteiger partial charge in [-0.3, -0.25) is 9.59 Å². The molecule has 0 saturated carbocycles. The summed E-state index contributed by atoms with van der Waals surface area (Å²) in [6.45, 7) is 3.88. The Hall–Kier alpha value is -2.70. The van der Waals surface area contributed by atoms with Crippen LogP contribution < -0.4 is 5.32 Å². The molecule has 0 atom stereocenters. The maximum atomic E-state index is 12.6. The molecule has 0 saturated heterocycles. The summed E-state index contributed by atoms with van der Waals surface area (Å²) >= 11 is 7.38. The predicted octanol–water partition coefficient (Wildman–Crippen LogP) is 4.79. The summed E-state index contributed by atoms with van der Waals surface area (Å²) in [5, 5.41) is 5.87. The summed E-state index contributed by atoms with van der Waals surface area (Å²) in [5.41, 5.74) is 4.02. The molecule has 0 spiro atoms. The van der Waals surface area contributed by atoms with E-state index in [9.17, 15) is 9.59 Å². The van der Waals surface area contributed by atoms with Crippen LogP contribution in [-0.2, 0) is 4.79 Å². The van der Waals surface area contributed by atoms with Crippen molar-refractivity contribution in [2.24, 2.45) is 0 Å². The van der Waals surface area contributed by atoms with Gasteiger partial charge in [0.2, 0.25) is 5.91 Å². The third-order valence-corrected chi connectivity index (χ3v) is 5.53. The van der Waals surface area contributed by atoms with Crippen LogP contribution in [0.5, 0.6) is 0 Å². The minimum Gasteiger partial charge on any atom is -0.331 e. The second-order valence-corrected chi connectivity index (χ2v) is 7.80. The normalized spacial score (nSPS) is 10.6. The minimum atomic E-state index is -0.305. The number of benzene rings is 2. The summed E-state index contributed by atoms with van der Waals surface area (Å²) in [7, 11) is 1.59. The van der Waals surface area contributed by atoms with Crippen molar-refractivity contribution in [3.63, 3.8) is 0 Å². The van der Waals surface area contributed by atoms with Crippen LogP contribution in [0.4, 0.5) is 5.69 Å². The second kappa shape index (κ2) is 8.54. The van der Waals surface area contributed by atoms with E-state index in [2.05, 4.69) is 10.3 Å². The Morgan fingerprint density at radius 3 is 2.68 bits per heavy atom. The largest absolute Gasteiger partial charge is 0.331 e. The number of thiazole rings is 1. The number of anilines is 1. The number of hydrogen-bond donors (Lipinski definition) is 1. The van der Waals surface area contributed by atoms with Crippen LogP contribution in [-0.4, -0.2) is 35.3 Å². The van der Waals surface area contributed by atoms with Crippen molar-refractivity contribution in [3.8, 4) is 10.6 Å². The van der Waals surface area contributed by atoms with Crippen LogP contribution in [0.15, 0.2) is 47.8 Å². The van der Waals surface area contributed by atoms with Gasteiger partial charge in [-0.25, -0.2) is 4.98 Å². The van der Waals surface area contributed by atoms with Crippen LogP contribution in [0.25, 0.3) is 10.6 Å². The zero-order chi connectivity index (χ0) is 20.3. The van der Waals surface area contributed by atoms with Crippen molar-refractivity contribution >= 4 is 40.4 Å². The molecule has 0 fully saturated rings. The molecule has 7 heteroatoms. The lowest BCUT2D eigenvalue weighted by Gasteiger charge is -2.16. The first-order valence-electron chi connectivity index (χ1n) is 8.68. The zero-order valence-electron chi connectivity index (χ0n) is 15.8. The highest BCUT2D eigenvalue weighted by atomic mass is 35.5. The number of amides is 2. The number of nitrogens with one attached hydrogen (secondary N) is 1. The zero-order valence-corrected chi connectivity index (χ0v) is 17.4. The first-order valence-corrected chi connectivity index (χ1v) is 9.94. The van der Waals surface area contributed by atoms with Crippen molar-refractivity contribution in [2.75, 3.05) is 18.9 Å². The fraction of sp³-hybridized carbons (Fsp3) is 0.190. The van der Waals surface area contributed by atoms with E-state index < -0.39 is 0 Å². The number of carbonyl (C=O) groups excluding carboxylic acids is 2. The fourth-order valence-corrected chi connectivity index (χ4v) is 3.67. The Labute approximate surface area is 173 Å². The molecule has 3 rings (SSSR count). The number of aromatic nitrogens is 1. The highest BCUT2D eigenvalue weighted by molar-refractivity contribution is 7.13. The molecule has 0 aliphatic heterocycles.